The summed E-state index contributed by atoms with van der Waals surface area (Å²) in [5.74, 6) is 2.23. The zero-order valence-electron chi connectivity index (χ0n) is 18.8. The van der Waals surface area contributed by atoms with Crippen LogP contribution in [0.4, 0.5) is 26.3 Å². The van der Waals surface area contributed by atoms with E-state index in [9.17, 15) is 26.3 Å². The molecule has 2 aliphatic rings. The van der Waals surface area contributed by atoms with E-state index in [0.29, 0.717) is 11.8 Å². The van der Waals surface area contributed by atoms with Crippen LogP contribution >= 0.6 is 0 Å². The van der Waals surface area contributed by atoms with Crippen LogP contribution in [0.15, 0.2) is 30.3 Å². The van der Waals surface area contributed by atoms with Gasteiger partial charge in [0.05, 0.1) is 0 Å². The van der Waals surface area contributed by atoms with Gasteiger partial charge < -0.3 is 9.47 Å². The highest BCUT2D eigenvalue weighted by Crippen LogP contribution is 2.42. The quantitative estimate of drug-likeness (QED) is 0.355. The van der Waals surface area contributed by atoms with Crippen LogP contribution in [0.3, 0.4) is 0 Å². The Morgan fingerprint density at radius 2 is 1.42 bits per heavy atom. The Balaban J connectivity index is 1.45. The first kappa shape index (κ1) is 25.9. The van der Waals surface area contributed by atoms with Crippen molar-refractivity contribution in [2.45, 2.75) is 69.8 Å². The van der Waals surface area contributed by atoms with Gasteiger partial charge in [0.25, 0.3) is 6.17 Å². The lowest BCUT2D eigenvalue weighted by Crippen LogP contribution is -2.45. The Kier molecular flexibility index (Phi) is 8.76. The molecule has 3 rings (SSSR count). The molecule has 1 aromatic carbocycles. The number of hydrogen-bond acceptors (Lipinski definition) is 2. The first-order valence-electron chi connectivity index (χ1n) is 11.6. The highest BCUT2D eigenvalue weighted by molar-refractivity contribution is 5.50. The summed E-state index contributed by atoms with van der Waals surface area (Å²) < 4.78 is 85.6. The topological polar surface area (TPSA) is 18.5 Å². The molecular weight excluding hydrogens is 446 g/mol. The van der Waals surface area contributed by atoms with Gasteiger partial charge in [-0.3, -0.25) is 0 Å². The van der Waals surface area contributed by atoms with Crippen LogP contribution in [0.5, 0.6) is 5.75 Å². The van der Waals surface area contributed by atoms with Crippen LogP contribution in [0, 0.1) is 23.7 Å². The molecule has 8 heteroatoms. The number of allylic oxidation sites excluding steroid dienone is 1. The zero-order chi connectivity index (χ0) is 24.1. The van der Waals surface area contributed by atoms with Crippen molar-refractivity contribution in [2.24, 2.45) is 23.7 Å². The van der Waals surface area contributed by atoms with Crippen LogP contribution in [-0.4, -0.2) is 32.2 Å². The minimum absolute atomic E-state index is 0.449. The molecule has 0 heterocycles. The first-order chi connectivity index (χ1) is 15.6. The molecule has 0 spiro atoms. The molecule has 0 aliphatic heterocycles. The molecule has 2 aliphatic carbocycles. The van der Waals surface area contributed by atoms with Crippen molar-refractivity contribution < 1.29 is 35.8 Å². The number of alkyl halides is 6. The van der Waals surface area contributed by atoms with Gasteiger partial charge in [-0.25, -0.2) is 4.39 Å². The zero-order valence-corrected chi connectivity index (χ0v) is 18.8. The highest BCUT2D eigenvalue weighted by atomic mass is 19.4. The van der Waals surface area contributed by atoms with Crippen molar-refractivity contribution in [3.63, 3.8) is 0 Å². The fourth-order valence-corrected chi connectivity index (χ4v) is 5.16. The second-order valence-corrected chi connectivity index (χ2v) is 9.41. The Morgan fingerprint density at radius 1 is 0.879 bits per heavy atom. The molecule has 2 saturated carbocycles. The number of halogens is 6. The van der Waals surface area contributed by atoms with Crippen molar-refractivity contribution in [2.75, 3.05) is 13.7 Å². The Bertz CT molecular complexity index is 745. The van der Waals surface area contributed by atoms with Gasteiger partial charge in [-0.05, 0) is 92.7 Å². The molecule has 33 heavy (non-hydrogen) atoms. The smallest absolute Gasteiger partial charge is 0.430 e. The minimum atomic E-state index is -5.70. The lowest BCUT2D eigenvalue weighted by molar-refractivity contribution is -0.304. The molecule has 0 amide bonds. The predicted octanol–water partition coefficient (Wildman–Crippen LogP) is 7.83. The summed E-state index contributed by atoms with van der Waals surface area (Å²) in [5.41, 5.74) is 0.719. The molecule has 0 radical (unpaired) electrons. The number of benzene rings is 1. The van der Waals surface area contributed by atoms with Gasteiger partial charge in [-0.2, -0.15) is 22.0 Å². The van der Waals surface area contributed by atoms with E-state index in [1.165, 1.54) is 50.7 Å². The van der Waals surface area contributed by atoms with Crippen LogP contribution in [0.2, 0.25) is 0 Å². The second kappa shape index (κ2) is 11.2. The summed E-state index contributed by atoms with van der Waals surface area (Å²) in [4.78, 5) is 0. The number of rotatable bonds is 8. The molecule has 0 saturated heterocycles. The Labute approximate surface area is 191 Å². The van der Waals surface area contributed by atoms with E-state index in [1.54, 1.807) is 7.11 Å². The third kappa shape index (κ3) is 7.39. The number of methoxy groups -OCH3 is 1. The monoisotopic (exact) mass is 478 g/mol. The highest BCUT2D eigenvalue weighted by Gasteiger charge is 2.59. The average Bonchev–Trinajstić information content (AvgIpc) is 2.78. The molecule has 1 unspecified atom stereocenters. The van der Waals surface area contributed by atoms with Crippen molar-refractivity contribution in [1.82, 2.24) is 0 Å². The van der Waals surface area contributed by atoms with Crippen LogP contribution in [0.1, 0.15) is 56.9 Å². The first-order valence-corrected chi connectivity index (χ1v) is 11.6. The van der Waals surface area contributed by atoms with Gasteiger partial charge in [0.1, 0.15) is 5.75 Å². The fourth-order valence-electron chi connectivity index (χ4n) is 5.16. The van der Waals surface area contributed by atoms with Crippen molar-refractivity contribution in [3.05, 3.63) is 35.9 Å². The standard InChI is InChI=1S/C25H32F6O2/c1-32-16-19-6-12-21(13-7-19)20-10-4-17(5-11-20)2-3-18-8-14-22(15-9-18)33-25(30,31)23(26)24(27,28)29/h2-3,8-9,14-15,17,19-21,23H,4-7,10-13,16H2,1H3. The molecule has 0 aromatic heterocycles. The van der Waals surface area contributed by atoms with Gasteiger partial charge >= 0.3 is 12.3 Å². The molecular formula is C25H32F6O2. The van der Waals surface area contributed by atoms with Gasteiger partial charge in [-0.1, -0.05) is 24.3 Å². The maximum atomic E-state index is 13.4. The van der Waals surface area contributed by atoms with Crippen molar-refractivity contribution in [1.29, 1.82) is 0 Å². The second-order valence-electron chi connectivity index (χ2n) is 9.41. The maximum Gasteiger partial charge on any atom is 0.439 e. The van der Waals surface area contributed by atoms with E-state index >= 15 is 0 Å². The molecule has 2 fully saturated rings. The van der Waals surface area contributed by atoms with Gasteiger partial charge in [-0.15, -0.1) is 0 Å². The summed E-state index contributed by atoms with van der Waals surface area (Å²) in [6, 6.07) is 5.17. The van der Waals surface area contributed by atoms with Crippen LogP contribution in [-0.2, 0) is 4.74 Å². The maximum absolute atomic E-state index is 13.4. The van der Waals surface area contributed by atoms with Gasteiger partial charge in [0.15, 0.2) is 0 Å². The normalized spacial score (nSPS) is 28.1. The van der Waals surface area contributed by atoms with Crippen LogP contribution < -0.4 is 4.74 Å². The minimum Gasteiger partial charge on any atom is -0.430 e. The van der Waals surface area contributed by atoms with E-state index in [2.05, 4.69) is 10.8 Å². The predicted molar refractivity (Wildman–Crippen MR) is 115 cm³/mol. The lowest BCUT2D eigenvalue weighted by Gasteiger charge is -2.37. The van der Waals surface area contributed by atoms with Crippen molar-refractivity contribution in [3.8, 4) is 5.75 Å². The summed E-state index contributed by atoms with van der Waals surface area (Å²) in [7, 11) is 1.76. The summed E-state index contributed by atoms with van der Waals surface area (Å²) >= 11 is 0. The molecule has 1 atom stereocenters. The third-order valence-corrected chi connectivity index (χ3v) is 7.05. The molecule has 0 bridgehead atoms. The van der Waals surface area contributed by atoms with E-state index < -0.39 is 24.2 Å². The van der Waals surface area contributed by atoms with Gasteiger partial charge in [0, 0.05) is 13.7 Å². The number of hydrogen-bond donors (Lipinski definition) is 0. The molecule has 2 nitrogen and oxygen atoms in total. The van der Waals surface area contributed by atoms with E-state index in [1.807, 2.05) is 6.08 Å². The van der Waals surface area contributed by atoms with E-state index in [0.717, 1.165) is 49.0 Å². The van der Waals surface area contributed by atoms with Crippen LogP contribution in [0.25, 0.3) is 6.08 Å². The van der Waals surface area contributed by atoms with Crippen molar-refractivity contribution >= 4 is 6.08 Å². The van der Waals surface area contributed by atoms with E-state index in [-0.39, 0.29) is 0 Å². The summed E-state index contributed by atoms with van der Waals surface area (Å²) in [5, 5.41) is 0. The Hall–Kier alpha value is -1.70. The summed E-state index contributed by atoms with van der Waals surface area (Å²) in [6.07, 6.45) is -1.35. The Morgan fingerprint density at radius 3 is 1.94 bits per heavy atom. The lowest BCUT2D eigenvalue weighted by atomic mass is 9.69. The molecule has 1 aromatic rings. The van der Waals surface area contributed by atoms with E-state index in [4.69, 9.17) is 4.74 Å². The third-order valence-electron chi connectivity index (χ3n) is 7.05. The largest absolute Gasteiger partial charge is 0.439 e. The van der Waals surface area contributed by atoms with Gasteiger partial charge in [0.2, 0.25) is 0 Å². The SMILES string of the molecule is COCC1CCC(C2CCC(C=Cc3ccc(OC(F)(F)C(F)C(F)(F)F)cc3)CC2)CC1. The fraction of sp³-hybridized carbons (Fsp3) is 0.680. The molecule has 186 valence electrons. The summed E-state index contributed by atoms with van der Waals surface area (Å²) in [6.45, 7) is 0.865. The molecule has 0 N–H and O–H groups in total. The number of ether oxygens (including phenoxy) is 2. The average molecular weight is 479 g/mol.